The van der Waals surface area contributed by atoms with Crippen LogP contribution in [-0.2, 0) is 12.8 Å². The van der Waals surface area contributed by atoms with Gasteiger partial charge in [-0.1, -0.05) is 57.5 Å². The molecule has 0 saturated carbocycles. The summed E-state index contributed by atoms with van der Waals surface area (Å²) in [6.45, 7) is 1.94. The van der Waals surface area contributed by atoms with Crippen LogP contribution in [0.2, 0.25) is 0 Å². The predicted octanol–water partition coefficient (Wildman–Crippen LogP) is 4.58. The molecule has 0 spiro atoms. The van der Waals surface area contributed by atoms with E-state index >= 15 is 0 Å². The molecule has 2 aromatic carbocycles. The highest BCUT2D eigenvalue weighted by molar-refractivity contribution is 9.10. The second kappa shape index (κ2) is 8.62. The SMILES string of the molecule is Cc1noc(-c2ccc(Br)cc2)c1C(O)CN.c1ccc2c(c1)CCC2. The van der Waals surface area contributed by atoms with E-state index in [2.05, 4.69) is 45.4 Å². The molecule has 1 unspecified atom stereocenters. The van der Waals surface area contributed by atoms with Crippen molar-refractivity contribution in [3.05, 3.63) is 75.4 Å². The molecule has 1 aliphatic carbocycles. The molecule has 1 atom stereocenters. The summed E-state index contributed by atoms with van der Waals surface area (Å²) >= 11 is 3.37. The van der Waals surface area contributed by atoms with Gasteiger partial charge in [0.1, 0.15) is 0 Å². The van der Waals surface area contributed by atoms with Crippen LogP contribution < -0.4 is 5.73 Å². The van der Waals surface area contributed by atoms with Crippen LogP contribution in [0.1, 0.15) is 34.9 Å². The number of fused-ring (bicyclic) bond motifs is 1. The third-order valence-electron chi connectivity index (χ3n) is 4.58. The molecule has 0 radical (unpaired) electrons. The monoisotopic (exact) mass is 414 g/mol. The molecule has 1 heterocycles. The van der Waals surface area contributed by atoms with Gasteiger partial charge in [0, 0.05) is 16.6 Å². The number of hydrogen-bond acceptors (Lipinski definition) is 4. The van der Waals surface area contributed by atoms with Crippen molar-refractivity contribution < 1.29 is 9.63 Å². The Bertz CT molecular complexity index is 836. The molecule has 0 aliphatic heterocycles. The minimum absolute atomic E-state index is 0.144. The van der Waals surface area contributed by atoms with Crippen LogP contribution in [0.4, 0.5) is 0 Å². The maximum Gasteiger partial charge on any atom is 0.172 e. The van der Waals surface area contributed by atoms with Crippen molar-refractivity contribution in [2.75, 3.05) is 6.54 Å². The molecule has 136 valence electrons. The fourth-order valence-corrected chi connectivity index (χ4v) is 3.48. The van der Waals surface area contributed by atoms with Crippen molar-refractivity contribution in [3.63, 3.8) is 0 Å². The van der Waals surface area contributed by atoms with E-state index in [1.165, 1.54) is 19.3 Å². The van der Waals surface area contributed by atoms with Crippen LogP contribution in [0.25, 0.3) is 11.3 Å². The number of aliphatic hydroxyl groups excluding tert-OH is 1. The summed E-state index contributed by atoms with van der Waals surface area (Å²) < 4.78 is 6.25. The van der Waals surface area contributed by atoms with E-state index in [0.29, 0.717) is 17.0 Å². The molecular weight excluding hydrogens is 392 g/mol. The molecule has 1 aromatic heterocycles. The van der Waals surface area contributed by atoms with E-state index in [1.54, 1.807) is 18.1 Å². The Morgan fingerprint density at radius 2 is 1.73 bits per heavy atom. The summed E-state index contributed by atoms with van der Waals surface area (Å²) in [4.78, 5) is 0. The van der Waals surface area contributed by atoms with Crippen molar-refractivity contribution in [2.24, 2.45) is 5.73 Å². The zero-order valence-corrected chi connectivity index (χ0v) is 16.4. The molecule has 5 heteroatoms. The molecule has 4 rings (SSSR count). The number of aromatic nitrogens is 1. The van der Waals surface area contributed by atoms with Gasteiger partial charge in [0.15, 0.2) is 5.76 Å². The summed E-state index contributed by atoms with van der Waals surface area (Å²) in [5, 5.41) is 13.7. The van der Waals surface area contributed by atoms with Crippen molar-refractivity contribution >= 4 is 15.9 Å². The van der Waals surface area contributed by atoms with E-state index in [4.69, 9.17) is 10.3 Å². The maximum atomic E-state index is 9.86. The summed E-state index contributed by atoms with van der Waals surface area (Å²) in [5.74, 6) is 0.577. The van der Waals surface area contributed by atoms with Gasteiger partial charge >= 0.3 is 0 Å². The van der Waals surface area contributed by atoms with E-state index in [0.717, 1.165) is 10.0 Å². The minimum Gasteiger partial charge on any atom is -0.387 e. The average Bonchev–Trinajstić information content (AvgIpc) is 3.29. The molecule has 3 N–H and O–H groups in total. The van der Waals surface area contributed by atoms with E-state index in [1.807, 2.05) is 24.3 Å². The first kappa shape index (κ1) is 18.8. The summed E-state index contributed by atoms with van der Waals surface area (Å²) in [6.07, 6.45) is 3.21. The molecule has 26 heavy (non-hydrogen) atoms. The van der Waals surface area contributed by atoms with E-state index in [-0.39, 0.29) is 6.54 Å². The van der Waals surface area contributed by atoms with Gasteiger partial charge in [-0.15, -0.1) is 0 Å². The van der Waals surface area contributed by atoms with Gasteiger partial charge in [0.05, 0.1) is 17.4 Å². The maximum absolute atomic E-state index is 9.86. The molecule has 4 nitrogen and oxygen atoms in total. The lowest BCUT2D eigenvalue weighted by molar-refractivity contribution is 0.186. The third kappa shape index (κ3) is 4.23. The Balaban J connectivity index is 0.000000181. The number of aryl methyl sites for hydroxylation is 3. The molecule has 1 aliphatic rings. The second-order valence-electron chi connectivity index (χ2n) is 6.39. The fraction of sp³-hybridized carbons (Fsp3) is 0.286. The zero-order chi connectivity index (χ0) is 18.5. The lowest BCUT2D eigenvalue weighted by Gasteiger charge is -2.08. The molecule has 3 aromatic rings. The Hall–Kier alpha value is -1.95. The van der Waals surface area contributed by atoms with Crippen LogP contribution in [0.5, 0.6) is 0 Å². The van der Waals surface area contributed by atoms with Gasteiger partial charge in [-0.25, -0.2) is 0 Å². The lowest BCUT2D eigenvalue weighted by Crippen LogP contribution is -2.12. The number of benzene rings is 2. The number of aliphatic hydroxyl groups is 1. The topological polar surface area (TPSA) is 72.3 Å². The number of hydrogen-bond donors (Lipinski definition) is 2. The van der Waals surface area contributed by atoms with Crippen molar-refractivity contribution in [3.8, 4) is 11.3 Å². The normalized spacial score (nSPS) is 13.7. The van der Waals surface area contributed by atoms with Gasteiger partial charge in [0.2, 0.25) is 0 Å². The quantitative estimate of drug-likeness (QED) is 0.657. The molecule has 0 saturated heterocycles. The standard InChI is InChI=1S/C12H13BrN2O2.C9H10/c1-7-11(10(16)6-14)12(17-15-7)8-2-4-9(13)5-3-8;1-2-5-9-7-3-6-8(9)4-1/h2-5,10,16H,6,14H2,1H3;1-2,4-5H,3,6-7H2. The Morgan fingerprint density at radius 1 is 1.12 bits per heavy atom. The molecular formula is C21H23BrN2O2. The largest absolute Gasteiger partial charge is 0.387 e. The van der Waals surface area contributed by atoms with Crippen molar-refractivity contribution in [1.29, 1.82) is 0 Å². The van der Waals surface area contributed by atoms with Crippen LogP contribution in [-0.4, -0.2) is 16.8 Å². The van der Waals surface area contributed by atoms with Crippen LogP contribution in [0.3, 0.4) is 0 Å². The number of nitrogens with two attached hydrogens (primary N) is 1. The van der Waals surface area contributed by atoms with E-state index in [9.17, 15) is 5.11 Å². The van der Waals surface area contributed by atoms with Gasteiger partial charge < -0.3 is 15.4 Å². The highest BCUT2D eigenvalue weighted by Crippen LogP contribution is 2.31. The van der Waals surface area contributed by atoms with Crippen LogP contribution in [0.15, 0.2) is 57.5 Å². The molecule has 0 amide bonds. The van der Waals surface area contributed by atoms with Gasteiger partial charge in [-0.05, 0) is 49.4 Å². The second-order valence-corrected chi connectivity index (χ2v) is 7.31. The zero-order valence-electron chi connectivity index (χ0n) is 14.8. The van der Waals surface area contributed by atoms with Crippen molar-refractivity contribution in [2.45, 2.75) is 32.3 Å². The number of rotatable bonds is 3. The number of halogens is 1. The van der Waals surface area contributed by atoms with Gasteiger partial charge in [-0.2, -0.15) is 0 Å². The minimum atomic E-state index is -0.750. The van der Waals surface area contributed by atoms with E-state index < -0.39 is 6.10 Å². The van der Waals surface area contributed by atoms with Gasteiger partial charge in [-0.3, -0.25) is 0 Å². The number of nitrogens with zero attached hydrogens (tertiary/aromatic N) is 1. The first-order chi connectivity index (χ1) is 12.6. The lowest BCUT2D eigenvalue weighted by atomic mass is 10.0. The third-order valence-corrected chi connectivity index (χ3v) is 5.11. The Morgan fingerprint density at radius 3 is 2.31 bits per heavy atom. The van der Waals surface area contributed by atoms with Crippen LogP contribution in [0, 0.1) is 6.92 Å². The summed E-state index contributed by atoms with van der Waals surface area (Å²) in [5.41, 5.74) is 10.8. The Labute approximate surface area is 162 Å². The molecule has 0 bridgehead atoms. The van der Waals surface area contributed by atoms with Crippen LogP contribution >= 0.6 is 15.9 Å². The summed E-state index contributed by atoms with van der Waals surface area (Å²) in [6, 6.07) is 16.4. The average molecular weight is 415 g/mol. The highest BCUT2D eigenvalue weighted by Gasteiger charge is 2.20. The first-order valence-corrected chi connectivity index (χ1v) is 9.56. The smallest absolute Gasteiger partial charge is 0.172 e. The highest BCUT2D eigenvalue weighted by atomic mass is 79.9. The predicted molar refractivity (Wildman–Crippen MR) is 107 cm³/mol. The first-order valence-electron chi connectivity index (χ1n) is 8.77. The Kier molecular flexibility index (Phi) is 6.25. The fourth-order valence-electron chi connectivity index (χ4n) is 3.21. The summed E-state index contributed by atoms with van der Waals surface area (Å²) in [7, 11) is 0. The molecule has 0 fully saturated rings. The van der Waals surface area contributed by atoms with Gasteiger partial charge in [0.25, 0.3) is 0 Å². The van der Waals surface area contributed by atoms with Crippen molar-refractivity contribution in [1.82, 2.24) is 5.16 Å².